The van der Waals surface area contributed by atoms with Gasteiger partial charge in [0.05, 0.1) is 11.5 Å². The SMILES string of the molecule is CC1CCc2c(sc3nc(Cc4ccccc4F)n(CCCC#N)c(=O)c23)C1. The molecule has 2 heterocycles. The van der Waals surface area contributed by atoms with Crippen LogP contribution in [-0.4, -0.2) is 9.55 Å². The lowest BCUT2D eigenvalue weighted by Crippen LogP contribution is -2.26. The van der Waals surface area contributed by atoms with Crippen LogP contribution in [0.25, 0.3) is 10.2 Å². The molecule has 1 atom stereocenters. The molecule has 1 aromatic carbocycles. The quantitative estimate of drug-likeness (QED) is 0.593. The Balaban J connectivity index is 1.85. The maximum absolute atomic E-state index is 14.2. The summed E-state index contributed by atoms with van der Waals surface area (Å²) in [5.41, 5.74) is 1.64. The molecular formula is C22H22FN3OS. The highest BCUT2D eigenvalue weighted by Gasteiger charge is 2.24. The van der Waals surface area contributed by atoms with Crippen LogP contribution in [0.2, 0.25) is 0 Å². The first-order chi connectivity index (χ1) is 13.6. The molecule has 0 saturated heterocycles. The van der Waals surface area contributed by atoms with E-state index in [9.17, 15) is 9.18 Å². The van der Waals surface area contributed by atoms with Crippen molar-refractivity contribution in [1.82, 2.24) is 9.55 Å². The van der Waals surface area contributed by atoms with Crippen LogP contribution in [0.1, 0.15) is 48.0 Å². The summed E-state index contributed by atoms with van der Waals surface area (Å²) in [6.45, 7) is 2.67. The molecule has 3 aromatic rings. The molecule has 6 heteroatoms. The molecule has 0 bridgehead atoms. The number of nitrogens with zero attached hydrogens (tertiary/aromatic N) is 3. The Morgan fingerprint density at radius 2 is 2.21 bits per heavy atom. The Labute approximate surface area is 167 Å². The maximum atomic E-state index is 14.2. The summed E-state index contributed by atoms with van der Waals surface area (Å²) in [5, 5.41) is 9.61. The summed E-state index contributed by atoms with van der Waals surface area (Å²) in [6, 6.07) is 8.73. The molecule has 0 aliphatic heterocycles. The average molecular weight is 396 g/mol. The highest BCUT2D eigenvalue weighted by atomic mass is 32.1. The number of aryl methyl sites for hydroxylation is 1. The normalized spacial score (nSPS) is 16.1. The standard InChI is InChI=1S/C22H22FN3OS/c1-14-8-9-16-18(12-14)28-21-20(16)22(27)26(11-5-4-10-24)19(25-21)13-15-6-2-3-7-17(15)23/h2-3,6-7,14H,4-5,8-9,11-13H2,1H3. The first kappa shape index (κ1) is 18.8. The molecule has 1 aliphatic rings. The van der Waals surface area contributed by atoms with Crippen molar-refractivity contribution in [1.29, 1.82) is 5.26 Å². The van der Waals surface area contributed by atoms with Gasteiger partial charge in [0.15, 0.2) is 0 Å². The Hall–Kier alpha value is -2.52. The van der Waals surface area contributed by atoms with Crippen molar-refractivity contribution in [3.05, 3.63) is 62.3 Å². The first-order valence-electron chi connectivity index (χ1n) is 9.72. The fourth-order valence-corrected chi connectivity index (χ4v) is 5.35. The smallest absolute Gasteiger partial charge is 0.262 e. The van der Waals surface area contributed by atoms with Gasteiger partial charge >= 0.3 is 0 Å². The van der Waals surface area contributed by atoms with E-state index in [1.165, 1.54) is 10.9 Å². The van der Waals surface area contributed by atoms with Crippen LogP contribution >= 0.6 is 11.3 Å². The molecule has 0 saturated carbocycles. The van der Waals surface area contributed by atoms with Crippen molar-refractivity contribution in [3.63, 3.8) is 0 Å². The Morgan fingerprint density at radius 1 is 1.39 bits per heavy atom. The minimum atomic E-state index is -0.292. The van der Waals surface area contributed by atoms with Gasteiger partial charge in [0.1, 0.15) is 16.5 Å². The number of unbranched alkanes of at least 4 members (excludes halogenated alkanes) is 1. The summed E-state index contributed by atoms with van der Waals surface area (Å²) in [7, 11) is 0. The molecule has 1 aliphatic carbocycles. The molecule has 4 nitrogen and oxygen atoms in total. The molecule has 0 radical (unpaired) electrons. The summed E-state index contributed by atoms with van der Waals surface area (Å²) >= 11 is 1.61. The fourth-order valence-electron chi connectivity index (χ4n) is 3.96. The number of nitriles is 1. The monoisotopic (exact) mass is 395 g/mol. The minimum absolute atomic E-state index is 0.0404. The number of thiophene rings is 1. The van der Waals surface area contributed by atoms with Crippen LogP contribution in [0.5, 0.6) is 0 Å². The third-order valence-electron chi connectivity index (χ3n) is 5.47. The molecule has 0 fully saturated rings. The van der Waals surface area contributed by atoms with E-state index in [4.69, 9.17) is 10.2 Å². The maximum Gasteiger partial charge on any atom is 0.262 e. The van der Waals surface area contributed by atoms with Gasteiger partial charge in [0.2, 0.25) is 0 Å². The van der Waals surface area contributed by atoms with Crippen molar-refractivity contribution in [2.24, 2.45) is 5.92 Å². The van der Waals surface area contributed by atoms with E-state index in [0.29, 0.717) is 36.7 Å². The van der Waals surface area contributed by atoms with Gasteiger partial charge in [0, 0.05) is 24.3 Å². The third-order valence-corrected chi connectivity index (χ3v) is 6.62. The molecule has 0 amide bonds. The van der Waals surface area contributed by atoms with Crippen LogP contribution in [0.4, 0.5) is 4.39 Å². The summed E-state index contributed by atoms with van der Waals surface area (Å²) in [4.78, 5) is 20.2. The second-order valence-electron chi connectivity index (χ2n) is 7.55. The number of hydrogen-bond acceptors (Lipinski definition) is 4. The van der Waals surface area contributed by atoms with E-state index in [1.54, 1.807) is 34.1 Å². The lowest BCUT2D eigenvalue weighted by atomic mass is 9.89. The van der Waals surface area contributed by atoms with E-state index < -0.39 is 0 Å². The van der Waals surface area contributed by atoms with E-state index in [-0.39, 0.29) is 17.8 Å². The van der Waals surface area contributed by atoms with Gasteiger partial charge in [-0.2, -0.15) is 5.26 Å². The lowest BCUT2D eigenvalue weighted by Gasteiger charge is -2.18. The van der Waals surface area contributed by atoms with Crippen molar-refractivity contribution >= 4 is 21.6 Å². The number of halogens is 1. The zero-order valence-corrected chi connectivity index (χ0v) is 16.7. The predicted octanol–water partition coefficient (Wildman–Crippen LogP) is 4.62. The van der Waals surface area contributed by atoms with Crippen LogP contribution in [0, 0.1) is 23.1 Å². The fraction of sp³-hybridized carbons (Fsp3) is 0.409. The molecule has 28 heavy (non-hydrogen) atoms. The molecule has 0 N–H and O–H groups in total. The third kappa shape index (κ3) is 3.47. The zero-order chi connectivity index (χ0) is 19.7. The molecule has 4 rings (SSSR count). The van der Waals surface area contributed by atoms with E-state index in [0.717, 1.165) is 35.0 Å². The Kier molecular flexibility index (Phi) is 5.27. The number of rotatable bonds is 5. The van der Waals surface area contributed by atoms with Gasteiger partial charge in [-0.25, -0.2) is 9.37 Å². The highest BCUT2D eigenvalue weighted by Crippen LogP contribution is 2.36. The van der Waals surface area contributed by atoms with Crippen LogP contribution < -0.4 is 5.56 Å². The summed E-state index contributed by atoms with van der Waals surface area (Å²) < 4.78 is 15.9. The molecule has 144 valence electrons. The molecule has 0 spiro atoms. The van der Waals surface area contributed by atoms with Gasteiger partial charge in [-0.15, -0.1) is 11.3 Å². The second kappa shape index (κ2) is 7.84. The highest BCUT2D eigenvalue weighted by molar-refractivity contribution is 7.18. The van der Waals surface area contributed by atoms with Crippen molar-refractivity contribution in [2.75, 3.05) is 0 Å². The number of hydrogen-bond donors (Lipinski definition) is 0. The molecular weight excluding hydrogens is 373 g/mol. The Bertz CT molecular complexity index is 1130. The van der Waals surface area contributed by atoms with Crippen molar-refractivity contribution in [3.8, 4) is 6.07 Å². The van der Waals surface area contributed by atoms with E-state index >= 15 is 0 Å². The van der Waals surface area contributed by atoms with Crippen LogP contribution in [-0.2, 0) is 25.8 Å². The minimum Gasteiger partial charge on any atom is -0.296 e. The van der Waals surface area contributed by atoms with E-state index in [1.807, 2.05) is 0 Å². The summed E-state index contributed by atoms with van der Waals surface area (Å²) in [6.07, 6.45) is 4.22. The van der Waals surface area contributed by atoms with E-state index in [2.05, 4.69) is 13.0 Å². The zero-order valence-electron chi connectivity index (χ0n) is 15.9. The van der Waals surface area contributed by atoms with Crippen molar-refractivity contribution < 1.29 is 4.39 Å². The van der Waals surface area contributed by atoms with Gasteiger partial charge in [0.25, 0.3) is 5.56 Å². The lowest BCUT2D eigenvalue weighted by molar-refractivity contribution is 0.508. The van der Waals surface area contributed by atoms with Crippen molar-refractivity contribution in [2.45, 2.75) is 52.0 Å². The second-order valence-corrected chi connectivity index (χ2v) is 8.63. The van der Waals surface area contributed by atoms with Gasteiger partial charge in [-0.3, -0.25) is 9.36 Å². The number of fused-ring (bicyclic) bond motifs is 3. The van der Waals surface area contributed by atoms with Gasteiger partial charge in [-0.05, 0) is 48.8 Å². The number of benzene rings is 1. The number of aromatic nitrogens is 2. The Morgan fingerprint density at radius 3 is 3.00 bits per heavy atom. The van der Waals surface area contributed by atoms with Crippen LogP contribution in [0.15, 0.2) is 29.1 Å². The van der Waals surface area contributed by atoms with Crippen LogP contribution in [0.3, 0.4) is 0 Å². The van der Waals surface area contributed by atoms with Gasteiger partial charge < -0.3 is 0 Å². The van der Waals surface area contributed by atoms with Gasteiger partial charge in [-0.1, -0.05) is 25.1 Å². The predicted molar refractivity (Wildman–Crippen MR) is 109 cm³/mol. The summed E-state index contributed by atoms with van der Waals surface area (Å²) in [5.74, 6) is 0.906. The average Bonchev–Trinajstić information content (AvgIpc) is 3.03. The molecule has 2 aromatic heterocycles. The molecule has 1 unspecified atom stereocenters. The first-order valence-corrected chi connectivity index (χ1v) is 10.5. The topological polar surface area (TPSA) is 58.7 Å². The largest absolute Gasteiger partial charge is 0.296 e.